The average molecular weight is 320 g/mol. The van der Waals surface area contributed by atoms with Gasteiger partial charge >= 0.3 is 6.18 Å². The lowest BCUT2D eigenvalue weighted by atomic mass is 10.0. The number of aromatic nitrogens is 1. The maximum atomic E-state index is 13.1. The van der Waals surface area contributed by atoms with Crippen molar-refractivity contribution in [1.29, 1.82) is 0 Å². The monoisotopic (exact) mass is 320 g/mol. The van der Waals surface area contributed by atoms with Crippen molar-refractivity contribution in [3.8, 4) is 0 Å². The highest BCUT2D eigenvalue weighted by atomic mass is 32.1. The number of nitrogens with one attached hydrogen (secondary N) is 1. The molecule has 1 fully saturated rings. The highest BCUT2D eigenvalue weighted by Crippen LogP contribution is 2.43. The lowest BCUT2D eigenvalue weighted by molar-refractivity contribution is -0.141. The van der Waals surface area contributed by atoms with Crippen LogP contribution in [0, 0.1) is 5.92 Å². The zero-order chi connectivity index (χ0) is 15.5. The smallest absolute Gasteiger partial charge is 0.312 e. The topological polar surface area (TPSA) is 24.9 Å². The third-order valence-electron chi connectivity index (χ3n) is 4.16. The molecule has 1 N–H and O–H groups in total. The zero-order valence-electron chi connectivity index (χ0n) is 12.6. The Morgan fingerprint density at radius 2 is 2.05 bits per heavy atom. The van der Waals surface area contributed by atoms with Gasteiger partial charge in [-0.05, 0) is 38.1 Å². The van der Waals surface area contributed by atoms with Crippen molar-refractivity contribution in [2.24, 2.45) is 5.92 Å². The minimum atomic E-state index is -4.35. The molecular formula is C15H23F3N2S. The molecule has 2 atom stereocenters. The van der Waals surface area contributed by atoms with E-state index in [0.717, 1.165) is 38.6 Å². The van der Waals surface area contributed by atoms with Crippen molar-refractivity contribution < 1.29 is 13.2 Å². The van der Waals surface area contributed by atoms with Crippen LogP contribution in [0.15, 0.2) is 0 Å². The molecular weight excluding hydrogens is 297 g/mol. The molecule has 0 aliphatic heterocycles. The van der Waals surface area contributed by atoms with E-state index in [4.69, 9.17) is 0 Å². The molecule has 1 aromatic heterocycles. The molecule has 1 heterocycles. The third kappa shape index (κ3) is 4.19. The van der Waals surface area contributed by atoms with Gasteiger partial charge in [0, 0.05) is 12.5 Å². The Balaban J connectivity index is 2.16. The molecule has 21 heavy (non-hydrogen) atoms. The van der Waals surface area contributed by atoms with E-state index in [-0.39, 0.29) is 12.5 Å². The summed E-state index contributed by atoms with van der Waals surface area (Å²) < 4.78 is 39.4. The van der Waals surface area contributed by atoms with E-state index in [1.807, 2.05) is 6.92 Å². The molecule has 1 saturated carbocycles. The lowest BCUT2D eigenvalue weighted by Crippen LogP contribution is -2.17. The van der Waals surface area contributed by atoms with Crippen molar-refractivity contribution in [1.82, 2.24) is 10.3 Å². The molecule has 2 nitrogen and oxygen atoms in total. The van der Waals surface area contributed by atoms with E-state index < -0.39 is 11.9 Å². The number of nitrogens with zero attached hydrogens (tertiary/aromatic N) is 1. The average Bonchev–Trinajstić information content (AvgIpc) is 3.04. The Bertz CT molecular complexity index is 456. The van der Waals surface area contributed by atoms with Gasteiger partial charge in [0.2, 0.25) is 0 Å². The Morgan fingerprint density at radius 1 is 1.29 bits per heavy atom. The highest BCUT2D eigenvalue weighted by molar-refractivity contribution is 7.11. The van der Waals surface area contributed by atoms with Crippen LogP contribution >= 0.6 is 11.3 Å². The summed E-state index contributed by atoms with van der Waals surface area (Å²) in [5.74, 6) is 0.871. The van der Waals surface area contributed by atoms with Gasteiger partial charge in [-0.25, -0.2) is 4.98 Å². The van der Waals surface area contributed by atoms with Crippen molar-refractivity contribution in [3.63, 3.8) is 0 Å². The Labute approximate surface area is 128 Å². The molecule has 0 saturated heterocycles. The Hall–Kier alpha value is -0.620. The van der Waals surface area contributed by atoms with Crippen LogP contribution in [0.1, 0.15) is 67.4 Å². The van der Waals surface area contributed by atoms with Gasteiger partial charge in [0.25, 0.3) is 0 Å². The van der Waals surface area contributed by atoms with Crippen LogP contribution in [-0.2, 0) is 12.7 Å². The Morgan fingerprint density at radius 3 is 2.62 bits per heavy atom. The summed E-state index contributed by atoms with van der Waals surface area (Å²) in [6, 6.07) is 0. The predicted octanol–water partition coefficient (Wildman–Crippen LogP) is 4.96. The summed E-state index contributed by atoms with van der Waals surface area (Å²) >= 11 is 1.25. The van der Waals surface area contributed by atoms with Crippen molar-refractivity contribution in [2.45, 2.75) is 64.6 Å². The van der Waals surface area contributed by atoms with Gasteiger partial charge in [0.05, 0.1) is 9.88 Å². The highest BCUT2D eigenvalue weighted by Gasteiger charge is 2.38. The molecule has 0 radical (unpaired) electrons. The van der Waals surface area contributed by atoms with Gasteiger partial charge in [0.15, 0.2) is 5.69 Å². The van der Waals surface area contributed by atoms with Crippen LogP contribution in [0.4, 0.5) is 13.2 Å². The summed E-state index contributed by atoms with van der Waals surface area (Å²) in [5.41, 5.74) is -0.675. The third-order valence-corrected chi connectivity index (χ3v) is 5.38. The van der Waals surface area contributed by atoms with E-state index in [2.05, 4.69) is 17.2 Å². The SMILES string of the molecule is CCCNCc1sc(C2CCC(CC)C2)nc1C(F)(F)F. The van der Waals surface area contributed by atoms with Gasteiger partial charge < -0.3 is 5.32 Å². The van der Waals surface area contributed by atoms with E-state index in [1.165, 1.54) is 11.3 Å². The van der Waals surface area contributed by atoms with Crippen LogP contribution < -0.4 is 5.32 Å². The van der Waals surface area contributed by atoms with E-state index >= 15 is 0 Å². The maximum Gasteiger partial charge on any atom is 0.434 e. The first-order chi connectivity index (χ1) is 9.95. The van der Waals surface area contributed by atoms with Crippen LogP contribution in [0.25, 0.3) is 0 Å². The van der Waals surface area contributed by atoms with Gasteiger partial charge in [-0.2, -0.15) is 13.2 Å². The summed E-state index contributed by atoms with van der Waals surface area (Å²) in [4.78, 5) is 4.30. The standard InChI is InChI=1S/C15H23F3N2S/c1-3-7-19-9-12-13(15(16,17)18)20-14(21-12)11-6-5-10(4-2)8-11/h10-11,19H,3-9H2,1-2H3. The second kappa shape index (κ2) is 7.09. The second-order valence-corrected chi connectivity index (χ2v) is 6.90. The minimum Gasteiger partial charge on any atom is -0.312 e. The molecule has 0 amide bonds. The van der Waals surface area contributed by atoms with E-state index in [9.17, 15) is 13.2 Å². The summed E-state index contributed by atoms with van der Waals surface area (Å²) in [6.45, 7) is 5.14. The quantitative estimate of drug-likeness (QED) is 0.750. The van der Waals surface area contributed by atoms with Crippen LogP contribution in [-0.4, -0.2) is 11.5 Å². The molecule has 0 spiro atoms. The number of hydrogen-bond donors (Lipinski definition) is 1. The van der Waals surface area contributed by atoms with Gasteiger partial charge in [0.1, 0.15) is 0 Å². The van der Waals surface area contributed by atoms with Crippen LogP contribution in [0.5, 0.6) is 0 Å². The largest absolute Gasteiger partial charge is 0.434 e. The second-order valence-electron chi connectivity index (χ2n) is 5.78. The fraction of sp³-hybridized carbons (Fsp3) is 0.800. The van der Waals surface area contributed by atoms with E-state index in [1.54, 1.807) is 0 Å². The van der Waals surface area contributed by atoms with Gasteiger partial charge in [-0.3, -0.25) is 0 Å². The summed E-state index contributed by atoms with van der Waals surface area (Å²) in [5, 5.41) is 3.74. The molecule has 2 unspecified atom stereocenters. The number of hydrogen-bond acceptors (Lipinski definition) is 3. The van der Waals surface area contributed by atoms with Gasteiger partial charge in [-0.15, -0.1) is 11.3 Å². The first kappa shape index (κ1) is 16.7. The number of alkyl halides is 3. The fourth-order valence-electron chi connectivity index (χ4n) is 2.93. The number of rotatable bonds is 6. The lowest BCUT2D eigenvalue weighted by Gasteiger charge is -2.07. The zero-order valence-corrected chi connectivity index (χ0v) is 13.4. The molecule has 2 rings (SSSR count). The fourth-order valence-corrected chi connectivity index (χ4v) is 4.14. The van der Waals surface area contributed by atoms with E-state index in [0.29, 0.717) is 15.8 Å². The molecule has 1 aromatic rings. The summed E-state index contributed by atoms with van der Waals surface area (Å²) in [6.07, 6.45) is 0.757. The van der Waals surface area contributed by atoms with Gasteiger partial charge in [-0.1, -0.05) is 20.3 Å². The first-order valence-electron chi connectivity index (χ1n) is 7.73. The molecule has 1 aliphatic rings. The molecule has 0 bridgehead atoms. The molecule has 120 valence electrons. The summed E-state index contributed by atoms with van der Waals surface area (Å²) in [7, 11) is 0. The van der Waals surface area contributed by atoms with Crippen molar-refractivity contribution in [3.05, 3.63) is 15.6 Å². The van der Waals surface area contributed by atoms with Crippen molar-refractivity contribution >= 4 is 11.3 Å². The first-order valence-corrected chi connectivity index (χ1v) is 8.54. The molecule has 0 aromatic carbocycles. The van der Waals surface area contributed by atoms with Crippen LogP contribution in [0.2, 0.25) is 0 Å². The Kier molecular flexibility index (Phi) is 5.66. The van der Waals surface area contributed by atoms with Crippen LogP contribution in [0.3, 0.4) is 0 Å². The predicted molar refractivity (Wildman–Crippen MR) is 79.5 cm³/mol. The maximum absolute atomic E-state index is 13.1. The number of halogens is 3. The number of thiazole rings is 1. The minimum absolute atomic E-state index is 0.223. The molecule has 1 aliphatic carbocycles. The normalized spacial score (nSPS) is 22.9. The molecule has 6 heteroatoms. The van der Waals surface area contributed by atoms with Crippen molar-refractivity contribution in [2.75, 3.05) is 6.54 Å².